The Kier molecular flexibility index (Phi) is 13.4. The van der Waals surface area contributed by atoms with Gasteiger partial charge >= 0.3 is 0 Å². The summed E-state index contributed by atoms with van der Waals surface area (Å²) in [4.78, 5) is 19.5. The first-order valence-corrected chi connectivity index (χ1v) is 13.9. The van der Waals surface area contributed by atoms with E-state index in [0.29, 0.717) is 18.1 Å². The second kappa shape index (κ2) is 17.7. The lowest BCUT2D eigenvalue weighted by Crippen LogP contribution is -2.41. The van der Waals surface area contributed by atoms with Gasteiger partial charge in [-0.25, -0.2) is 4.52 Å². The van der Waals surface area contributed by atoms with Crippen LogP contribution in [0.2, 0.25) is 0 Å². The number of anilines is 2. The van der Waals surface area contributed by atoms with Crippen LogP contribution >= 0.6 is 0 Å². The van der Waals surface area contributed by atoms with Gasteiger partial charge in [0, 0.05) is 49.2 Å². The SMILES string of the molecule is C=CC=C.C=CC=C.COc1ccc(-c2cccn3nc(Nc4ccc(C(=O)NCCN5CCOCC5)cc4)nc23)cc1. The highest BCUT2D eigenvalue weighted by molar-refractivity contribution is 5.94. The second-order valence-electron chi connectivity index (χ2n) is 9.21. The molecule has 0 spiro atoms. The molecule has 0 bridgehead atoms. The third kappa shape index (κ3) is 10.1. The molecule has 3 heterocycles. The summed E-state index contributed by atoms with van der Waals surface area (Å²) in [6.07, 6.45) is 8.42. The maximum absolute atomic E-state index is 12.5. The summed E-state index contributed by atoms with van der Waals surface area (Å²) in [7, 11) is 1.65. The van der Waals surface area contributed by atoms with Crippen molar-refractivity contribution in [2.45, 2.75) is 0 Å². The molecule has 1 aliphatic rings. The number of amides is 1. The predicted octanol–water partition coefficient (Wildman–Crippen LogP) is 5.93. The highest BCUT2D eigenvalue weighted by Gasteiger charge is 2.12. The van der Waals surface area contributed by atoms with E-state index in [2.05, 4.69) is 51.9 Å². The van der Waals surface area contributed by atoms with Crippen molar-refractivity contribution >= 4 is 23.2 Å². The summed E-state index contributed by atoms with van der Waals surface area (Å²) in [5.74, 6) is 1.20. The smallest absolute Gasteiger partial charge is 0.251 e. The average molecular weight is 581 g/mol. The van der Waals surface area contributed by atoms with Crippen molar-refractivity contribution in [3.63, 3.8) is 0 Å². The van der Waals surface area contributed by atoms with Gasteiger partial charge in [0.05, 0.1) is 20.3 Å². The van der Waals surface area contributed by atoms with Crippen LogP contribution in [-0.2, 0) is 4.74 Å². The Bertz CT molecular complexity index is 1450. The fourth-order valence-corrected chi connectivity index (χ4v) is 4.04. The molecule has 0 radical (unpaired) electrons. The van der Waals surface area contributed by atoms with Gasteiger partial charge in [-0.3, -0.25) is 9.69 Å². The number of methoxy groups -OCH3 is 1. The molecule has 0 atom stereocenters. The van der Waals surface area contributed by atoms with Gasteiger partial charge < -0.3 is 20.1 Å². The molecule has 9 heteroatoms. The van der Waals surface area contributed by atoms with Gasteiger partial charge in [-0.2, -0.15) is 4.98 Å². The van der Waals surface area contributed by atoms with Crippen LogP contribution in [0.3, 0.4) is 0 Å². The van der Waals surface area contributed by atoms with Crippen LogP contribution in [0, 0.1) is 0 Å². The standard InChI is InChI=1S/C26H28N6O3.2C4H6/c1-34-22-10-6-19(7-11-22)23-3-2-13-32-24(23)29-26(30-32)28-21-8-4-20(5-9-21)25(33)27-12-14-31-15-17-35-18-16-31;2*1-3-4-2/h2-11,13H,12,14-18H2,1H3,(H,27,33)(H,28,30);2*3-4H,1-2H2. The third-order valence-corrected chi connectivity index (χ3v) is 6.32. The second-order valence-corrected chi connectivity index (χ2v) is 9.21. The Morgan fingerprint density at radius 3 is 2.21 bits per heavy atom. The third-order valence-electron chi connectivity index (χ3n) is 6.32. The molecule has 1 saturated heterocycles. The Morgan fingerprint density at radius 2 is 1.60 bits per heavy atom. The van der Waals surface area contributed by atoms with Gasteiger partial charge in [-0.05, 0) is 54.1 Å². The number of nitrogens with zero attached hydrogens (tertiary/aromatic N) is 4. The molecule has 9 nitrogen and oxygen atoms in total. The van der Waals surface area contributed by atoms with Gasteiger partial charge in [0.2, 0.25) is 5.95 Å². The number of aromatic nitrogens is 3. The van der Waals surface area contributed by atoms with Gasteiger partial charge in [-0.1, -0.05) is 62.8 Å². The maximum Gasteiger partial charge on any atom is 0.251 e. The minimum Gasteiger partial charge on any atom is -0.497 e. The summed E-state index contributed by atoms with van der Waals surface area (Å²) in [6, 6.07) is 19.1. The van der Waals surface area contributed by atoms with Gasteiger partial charge in [0.15, 0.2) is 5.65 Å². The zero-order chi connectivity index (χ0) is 30.9. The summed E-state index contributed by atoms with van der Waals surface area (Å²) >= 11 is 0. The van der Waals surface area contributed by atoms with Crippen LogP contribution in [-0.4, -0.2) is 71.9 Å². The van der Waals surface area contributed by atoms with E-state index in [0.717, 1.165) is 61.1 Å². The Hall–Kier alpha value is -4.99. The van der Waals surface area contributed by atoms with Crippen molar-refractivity contribution in [3.8, 4) is 16.9 Å². The van der Waals surface area contributed by atoms with Crippen molar-refractivity contribution in [3.05, 3.63) is 123 Å². The first kappa shape index (κ1) is 32.5. The predicted molar refractivity (Wildman–Crippen MR) is 175 cm³/mol. The van der Waals surface area contributed by atoms with E-state index in [1.54, 1.807) is 48.1 Å². The number of fused-ring (bicyclic) bond motifs is 1. The highest BCUT2D eigenvalue weighted by Crippen LogP contribution is 2.26. The van der Waals surface area contributed by atoms with E-state index in [9.17, 15) is 4.79 Å². The summed E-state index contributed by atoms with van der Waals surface area (Å²) in [5, 5.41) is 10.8. The molecule has 0 aliphatic carbocycles. The minimum absolute atomic E-state index is 0.0835. The van der Waals surface area contributed by atoms with E-state index in [1.165, 1.54) is 0 Å². The number of rotatable bonds is 10. The Balaban J connectivity index is 0.000000566. The van der Waals surface area contributed by atoms with Crippen molar-refractivity contribution < 1.29 is 14.3 Å². The van der Waals surface area contributed by atoms with Gasteiger partial charge in [-0.15, -0.1) is 5.10 Å². The van der Waals surface area contributed by atoms with E-state index in [-0.39, 0.29) is 5.91 Å². The molecule has 0 saturated carbocycles. The number of hydrogen-bond acceptors (Lipinski definition) is 7. The largest absolute Gasteiger partial charge is 0.497 e. The molecule has 2 aromatic carbocycles. The number of carbonyl (C=O) groups excluding carboxylic acids is 1. The molecule has 2 aromatic heterocycles. The molecule has 43 heavy (non-hydrogen) atoms. The lowest BCUT2D eigenvalue weighted by molar-refractivity contribution is 0.0383. The molecule has 1 amide bonds. The van der Waals surface area contributed by atoms with E-state index in [4.69, 9.17) is 9.47 Å². The number of benzene rings is 2. The maximum atomic E-state index is 12.5. The fraction of sp³-hybridized carbons (Fsp3) is 0.206. The summed E-state index contributed by atoms with van der Waals surface area (Å²) in [5.41, 5.74) is 4.16. The fourth-order valence-electron chi connectivity index (χ4n) is 4.04. The van der Waals surface area contributed by atoms with Crippen molar-refractivity contribution in [1.82, 2.24) is 24.8 Å². The number of hydrogen-bond donors (Lipinski definition) is 2. The summed E-state index contributed by atoms with van der Waals surface area (Å²) in [6.45, 7) is 18.2. The monoisotopic (exact) mass is 580 g/mol. The minimum atomic E-state index is -0.0835. The van der Waals surface area contributed by atoms with Crippen LogP contribution < -0.4 is 15.4 Å². The summed E-state index contributed by atoms with van der Waals surface area (Å²) < 4.78 is 12.4. The molecular formula is C34H40N6O3. The Morgan fingerprint density at radius 1 is 0.953 bits per heavy atom. The number of ether oxygens (including phenoxy) is 2. The quantitative estimate of drug-likeness (QED) is 0.225. The first-order valence-electron chi connectivity index (χ1n) is 13.9. The van der Waals surface area contributed by atoms with Crippen molar-refractivity contribution in [2.75, 3.05) is 51.8 Å². The van der Waals surface area contributed by atoms with Crippen LogP contribution in [0.25, 0.3) is 16.8 Å². The molecule has 2 N–H and O–H groups in total. The van der Waals surface area contributed by atoms with Crippen molar-refractivity contribution in [1.29, 1.82) is 0 Å². The molecule has 4 aromatic rings. The number of nitrogens with one attached hydrogen (secondary N) is 2. The first-order chi connectivity index (χ1) is 21.0. The van der Waals surface area contributed by atoms with Gasteiger partial charge in [0.1, 0.15) is 5.75 Å². The topological polar surface area (TPSA) is 93.0 Å². The highest BCUT2D eigenvalue weighted by atomic mass is 16.5. The number of pyridine rings is 1. The molecule has 1 aliphatic heterocycles. The van der Waals surface area contributed by atoms with E-state index >= 15 is 0 Å². The van der Waals surface area contributed by atoms with Crippen LogP contribution in [0.15, 0.2) is 117 Å². The van der Waals surface area contributed by atoms with Crippen LogP contribution in [0.4, 0.5) is 11.6 Å². The molecule has 224 valence electrons. The average Bonchev–Trinajstić information content (AvgIpc) is 3.48. The van der Waals surface area contributed by atoms with Gasteiger partial charge in [0.25, 0.3) is 5.91 Å². The molecule has 0 unspecified atom stereocenters. The lowest BCUT2D eigenvalue weighted by atomic mass is 10.1. The normalized spacial score (nSPS) is 12.4. The zero-order valence-electron chi connectivity index (χ0n) is 24.7. The number of carbonyl (C=O) groups is 1. The zero-order valence-corrected chi connectivity index (χ0v) is 24.7. The van der Waals surface area contributed by atoms with E-state index < -0.39 is 0 Å². The van der Waals surface area contributed by atoms with Crippen LogP contribution in [0.5, 0.6) is 5.75 Å². The van der Waals surface area contributed by atoms with E-state index in [1.807, 2.05) is 54.7 Å². The Labute approximate surface area is 253 Å². The molecule has 1 fully saturated rings. The molecular weight excluding hydrogens is 540 g/mol. The molecule has 5 rings (SSSR count). The number of allylic oxidation sites excluding steroid dienone is 4. The van der Waals surface area contributed by atoms with Crippen molar-refractivity contribution in [2.24, 2.45) is 0 Å². The lowest BCUT2D eigenvalue weighted by Gasteiger charge is -2.26. The number of morpholine rings is 1. The van der Waals surface area contributed by atoms with Crippen LogP contribution in [0.1, 0.15) is 10.4 Å².